The van der Waals surface area contributed by atoms with Gasteiger partial charge in [-0.1, -0.05) is 23.7 Å². The minimum atomic E-state index is -0.498. The molecule has 0 unspecified atom stereocenters. The Balaban J connectivity index is 1.02. The highest BCUT2D eigenvalue weighted by Crippen LogP contribution is 2.45. The molecule has 192 valence electrons. The van der Waals surface area contributed by atoms with Crippen molar-refractivity contribution < 1.29 is 13.9 Å². The Morgan fingerprint density at radius 1 is 1.03 bits per heavy atom. The maximum atomic E-state index is 14.9. The average Bonchev–Trinajstić information content (AvgIpc) is 3.72. The normalized spacial score (nSPS) is 20.9. The first-order valence-electron chi connectivity index (χ1n) is 13.5. The molecule has 36 heavy (non-hydrogen) atoms. The Kier molecular flexibility index (Phi) is 7.20. The molecule has 0 aromatic heterocycles. The highest BCUT2D eigenvalue weighted by molar-refractivity contribution is 7.98. The number of rotatable bonds is 10. The van der Waals surface area contributed by atoms with E-state index in [-0.39, 0.29) is 11.5 Å². The molecule has 0 radical (unpaired) electrons. The van der Waals surface area contributed by atoms with E-state index in [9.17, 15) is 9.18 Å². The van der Waals surface area contributed by atoms with Crippen molar-refractivity contribution >= 4 is 29.5 Å². The lowest BCUT2D eigenvalue weighted by atomic mass is 9.97. The van der Waals surface area contributed by atoms with Crippen LogP contribution >= 0.6 is 23.5 Å². The number of nitrogens with one attached hydrogen (secondary N) is 1. The third-order valence-corrected chi connectivity index (χ3v) is 9.37. The van der Waals surface area contributed by atoms with E-state index in [1.807, 2.05) is 0 Å². The highest BCUT2D eigenvalue weighted by atomic mass is 35.5. The first-order valence-corrected chi connectivity index (χ1v) is 14.7. The van der Waals surface area contributed by atoms with Gasteiger partial charge in [-0.05, 0) is 123 Å². The van der Waals surface area contributed by atoms with Crippen molar-refractivity contribution in [1.29, 1.82) is 0 Å². The van der Waals surface area contributed by atoms with Gasteiger partial charge >= 0.3 is 0 Å². The molecule has 1 amide bonds. The summed E-state index contributed by atoms with van der Waals surface area (Å²) in [5.74, 6) is 1.32. The minimum absolute atomic E-state index is 0.134. The number of carbonyl (C=O) groups is 1. The molecule has 1 N–H and O–H groups in total. The van der Waals surface area contributed by atoms with Crippen molar-refractivity contribution in [2.45, 2.75) is 75.0 Å². The van der Waals surface area contributed by atoms with Gasteiger partial charge in [0.1, 0.15) is 11.6 Å². The van der Waals surface area contributed by atoms with E-state index in [4.69, 9.17) is 16.3 Å². The van der Waals surface area contributed by atoms with Gasteiger partial charge in [-0.2, -0.15) is 0 Å². The number of amides is 1. The molecule has 4 nitrogen and oxygen atoms in total. The van der Waals surface area contributed by atoms with Crippen molar-refractivity contribution in [1.82, 2.24) is 9.62 Å². The molecule has 4 fully saturated rings. The zero-order chi connectivity index (χ0) is 24.6. The summed E-state index contributed by atoms with van der Waals surface area (Å²) in [4.78, 5) is 15.0. The number of piperidine rings is 1. The lowest BCUT2D eigenvalue weighted by Crippen LogP contribution is -2.35. The van der Waals surface area contributed by atoms with Crippen LogP contribution in [0.1, 0.15) is 90.3 Å². The maximum absolute atomic E-state index is 14.9. The van der Waals surface area contributed by atoms with E-state index < -0.39 is 5.82 Å². The Hall–Kier alpha value is -1.76. The standard InChI is InChI=1S/C29H34ClFN2O2S/c30-26-13-21(19-1-2-19)5-6-22(26)16-33-11-9-18(10-12-33)17-35-28-15-27(31)25(14-24(28)20-3-4-20)29(34)32-36-23-7-8-23/h5-6,13-15,18-20,23H,1-4,7-12,16-17H2,(H,32,34). The zero-order valence-electron chi connectivity index (χ0n) is 20.6. The SMILES string of the molecule is O=C(NSC1CC1)c1cc(C2CC2)c(OCC2CCN(Cc3ccc(C4CC4)cc3Cl)CC2)cc1F. The maximum Gasteiger partial charge on any atom is 0.264 e. The predicted molar refractivity (Wildman–Crippen MR) is 143 cm³/mol. The molecule has 1 saturated heterocycles. The quantitative estimate of drug-likeness (QED) is 0.335. The molecule has 0 spiro atoms. The second-order valence-electron chi connectivity index (χ2n) is 11.0. The van der Waals surface area contributed by atoms with E-state index in [1.54, 1.807) is 6.07 Å². The summed E-state index contributed by atoms with van der Waals surface area (Å²) in [6.07, 6.45) is 9.07. The predicted octanol–water partition coefficient (Wildman–Crippen LogP) is 7.07. The van der Waals surface area contributed by atoms with Crippen LogP contribution < -0.4 is 9.46 Å². The van der Waals surface area contributed by atoms with E-state index >= 15 is 0 Å². The molecular formula is C29H34ClFN2O2S. The first-order chi connectivity index (χ1) is 17.5. The van der Waals surface area contributed by atoms with Gasteiger partial charge in [-0.25, -0.2) is 4.39 Å². The number of likely N-dealkylation sites (tertiary alicyclic amines) is 1. The van der Waals surface area contributed by atoms with Gasteiger partial charge in [0, 0.05) is 22.9 Å². The largest absolute Gasteiger partial charge is 0.493 e. The summed E-state index contributed by atoms with van der Waals surface area (Å²) in [5, 5.41) is 1.38. The second-order valence-corrected chi connectivity index (χ2v) is 12.6. The fourth-order valence-corrected chi connectivity index (χ4v) is 6.09. The van der Waals surface area contributed by atoms with Crippen LogP contribution in [0.15, 0.2) is 30.3 Å². The Morgan fingerprint density at radius 3 is 2.44 bits per heavy atom. The highest BCUT2D eigenvalue weighted by Gasteiger charge is 2.31. The molecular weight excluding hydrogens is 495 g/mol. The van der Waals surface area contributed by atoms with Gasteiger partial charge < -0.3 is 4.74 Å². The molecule has 3 aliphatic carbocycles. The fourth-order valence-electron chi connectivity index (χ4n) is 5.08. The molecule has 7 heteroatoms. The third-order valence-electron chi connectivity index (χ3n) is 7.91. The van der Waals surface area contributed by atoms with Gasteiger partial charge in [0.25, 0.3) is 5.91 Å². The van der Waals surface area contributed by atoms with E-state index in [0.29, 0.717) is 29.4 Å². The average molecular weight is 529 g/mol. The molecule has 0 bridgehead atoms. The number of benzene rings is 2. The monoisotopic (exact) mass is 528 g/mol. The summed E-state index contributed by atoms with van der Waals surface area (Å²) in [5.41, 5.74) is 3.71. The van der Waals surface area contributed by atoms with Crippen molar-refractivity contribution in [2.24, 2.45) is 5.92 Å². The smallest absolute Gasteiger partial charge is 0.264 e. The second kappa shape index (κ2) is 10.5. The van der Waals surface area contributed by atoms with Gasteiger partial charge in [0.2, 0.25) is 0 Å². The summed E-state index contributed by atoms with van der Waals surface area (Å²) in [6.45, 7) is 3.50. The Bertz CT molecular complexity index is 1120. The number of nitrogens with zero attached hydrogens (tertiary/aromatic N) is 1. The first kappa shape index (κ1) is 24.6. The number of halogens is 2. The van der Waals surface area contributed by atoms with Crippen LogP contribution in [0.5, 0.6) is 5.75 Å². The molecule has 1 heterocycles. The molecule has 0 atom stereocenters. The number of carbonyl (C=O) groups excluding carboxylic acids is 1. The Morgan fingerprint density at radius 2 is 1.78 bits per heavy atom. The third kappa shape index (κ3) is 6.03. The van der Waals surface area contributed by atoms with Gasteiger partial charge in [0.05, 0.1) is 12.2 Å². The van der Waals surface area contributed by atoms with Crippen LogP contribution in [0.25, 0.3) is 0 Å². The topological polar surface area (TPSA) is 41.6 Å². The van der Waals surface area contributed by atoms with E-state index in [0.717, 1.165) is 74.7 Å². The van der Waals surface area contributed by atoms with Crippen LogP contribution in [-0.4, -0.2) is 35.8 Å². The van der Waals surface area contributed by atoms with Crippen LogP contribution in [0.3, 0.4) is 0 Å². The van der Waals surface area contributed by atoms with Crippen molar-refractivity contribution in [2.75, 3.05) is 19.7 Å². The number of hydrogen-bond acceptors (Lipinski definition) is 4. The van der Waals surface area contributed by atoms with Crippen LogP contribution in [-0.2, 0) is 6.54 Å². The molecule has 2 aromatic rings. The van der Waals surface area contributed by atoms with E-state index in [1.165, 1.54) is 42.0 Å². The molecule has 3 saturated carbocycles. The van der Waals surface area contributed by atoms with Gasteiger partial charge in [-0.15, -0.1) is 0 Å². The van der Waals surface area contributed by atoms with Crippen molar-refractivity contribution in [3.63, 3.8) is 0 Å². The summed E-state index contributed by atoms with van der Waals surface area (Å²) < 4.78 is 23.9. The zero-order valence-corrected chi connectivity index (χ0v) is 22.2. The van der Waals surface area contributed by atoms with Gasteiger partial charge in [0.15, 0.2) is 0 Å². The molecule has 6 rings (SSSR count). The molecule has 2 aromatic carbocycles. The summed E-state index contributed by atoms with van der Waals surface area (Å²) in [7, 11) is 0. The number of hydrogen-bond donors (Lipinski definition) is 1. The van der Waals surface area contributed by atoms with Crippen LogP contribution in [0.2, 0.25) is 5.02 Å². The minimum Gasteiger partial charge on any atom is -0.493 e. The van der Waals surface area contributed by atoms with Crippen LogP contribution in [0, 0.1) is 11.7 Å². The number of ether oxygens (including phenoxy) is 1. The summed E-state index contributed by atoms with van der Waals surface area (Å²) >= 11 is 8.00. The molecule has 4 aliphatic rings. The molecule has 1 aliphatic heterocycles. The lowest BCUT2D eigenvalue weighted by Gasteiger charge is -2.32. The van der Waals surface area contributed by atoms with Crippen molar-refractivity contribution in [3.8, 4) is 5.75 Å². The fraction of sp³-hybridized carbons (Fsp3) is 0.552. The van der Waals surface area contributed by atoms with Gasteiger partial charge in [-0.3, -0.25) is 14.4 Å². The van der Waals surface area contributed by atoms with Crippen LogP contribution in [0.4, 0.5) is 4.39 Å². The lowest BCUT2D eigenvalue weighted by molar-refractivity contribution is 0.0980. The Labute approximate surface area is 222 Å². The van der Waals surface area contributed by atoms with E-state index in [2.05, 4.69) is 27.8 Å². The summed E-state index contributed by atoms with van der Waals surface area (Å²) in [6, 6.07) is 9.77. The van der Waals surface area contributed by atoms with Crippen molar-refractivity contribution in [3.05, 3.63) is 63.4 Å².